The number of fused-ring (bicyclic) bond motifs is 2. The van der Waals surface area contributed by atoms with Crippen molar-refractivity contribution in [2.75, 3.05) is 13.1 Å². The van der Waals surface area contributed by atoms with Crippen LogP contribution in [0.5, 0.6) is 0 Å². The summed E-state index contributed by atoms with van der Waals surface area (Å²) >= 11 is 0. The van der Waals surface area contributed by atoms with E-state index in [2.05, 4.69) is 15.2 Å². The Kier molecular flexibility index (Phi) is 4.34. The SMILES string of the molecule is O=C(c1n[nH]c2c1CCCC2)N1CCC(n2c(=O)[nH]c3ccccc3c2=O)CC1. The fraction of sp³-hybridized carbons (Fsp3) is 0.429. The zero-order chi connectivity index (χ0) is 20.0. The number of para-hydroxylation sites is 1. The van der Waals surface area contributed by atoms with Crippen molar-refractivity contribution in [3.05, 3.63) is 62.1 Å². The number of amides is 1. The van der Waals surface area contributed by atoms with E-state index in [0.29, 0.717) is 42.5 Å². The predicted molar refractivity (Wildman–Crippen MR) is 108 cm³/mol. The van der Waals surface area contributed by atoms with Crippen LogP contribution in [0.2, 0.25) is 0 Å². The number of carbonyl (C=O) groups is 1. The molecule has 2 aromatic heterocycles. The van der Waals surface area contributed by atoms with E-state index in [1.165, 1.54) is 4.57 Å². The molecule has 150 valence electrons. The second-order valence-corrected chi connectivity index (χ2v) is 7.91. The van der Waals surface area contributed by atoms with E-state index in [9.17, 15) is 14.4 Å². The molecule has 0 bridgehead atoms. The second kappa shape index (κ2) is 7.02. The number of nitrogens with zero attached hydrogens (tertiary/aromatic N) is 3. The summed E-state index contributed by atoms with van der Waals surface area (Å²) in [5, 5.41) is 7.82. The molecule has 8 heteroatoms. The predicted octanol–water partition coefficient (Wildman–Crippen LogP) is 1.77. The molecule has 0 atom stereocenters. The molecule has 1 fully saturated rings. The van der Waals surface area contributed by atoms with E-state index in [4.69, 9.17) is 0 Å². The van der Waals surface area contributed by atoms with Gasteiger partial charge in [0.25, 0.3) is 11.5 Å². The van der Waals surface area contributed by atoms with E-state index >= 15 is 0 Å². The fourth-order valence-electron chi connectivity index (χ4n) is 4.64. The van der Waals surface area contributed by atoms with Gasteiger partial charge in [0, 0.05) is 30.4 Å². The standard InChI is InChI=1S/C21H23N5O3/c27-19-15-6-2-3-7-16(15)22-21(29)26(19)13-9-11-25(12-10-13)20(28)18-14-5-1-4-8-17(14)23-24-18/h2-3,6-7,13H,1,4-5,8-12H2,(H,22,29)(H,23,24). The number of piperidine rings is 1. The number of aryl methyl sites for hydroxylation is 1. The number of H-pyrrole nitrogens is 2. The summed E-state index contributed by atoms with van der Waals surface area (Å²) in [4.78, 5) is 43.0. The van der Waals surface area contributed by atoms with E-state index < -0.39 is 0 Å². The summed E-state index contributed by atoms with van der Waals surface area (Å²) in [6.45, 7) is 1.01. The Morgan fingerprint density at radius 1 is 1.07 bits per heavy atom. The maximum absolute atomic E-state index is 13.0. The lowest BCUT2D eigenvalue weighted by atomic mass is 9.95. The number of hydrogen-bond donors (Lipinski definition) is 2. The van der Waals surface area contributed by atoms with Gasteiger partial charge in [-0.1, -0.05) is 12.1 Å². The highest BCUT2D eigenvalue weighted by Gasteiger charge is 2.30. The summed E-state index contributed by atoms with van der Waals surface area (Å²) in [5.74, 6) is -0.0531. The normalized spacial score (nSPS) is 17.4. The van der Waals surface area contributed by atoms with Crippen LogP contribution in [0.25, 0.3) is 10.9 Å². The molecule has 1 aromatic carbocycles. The van der Waals surface area contributed by atoms with Gasteiger partial charge in [-0.2, -0.15) is 5.10 Å². The van der Waals surface area contributed by atoms with Crippen LogP contribution in [0.3, 0.4) is 0 Å². The van der Waals surface area contributed by atoms with Crippen LogP contribution < -0.4 is 11.2 Å². The van der Waals surface area contributed by atoms with Gasteiger partial charge in [0.05, 0.1) is 10.9 Å². The Labute approximate surface area is 166 Å². The van der Waals surface area contributed by atoms with E-state index in [-0.39, 0.29) is 23.2 Å². The molecule has 1 saturated heterocycles. The first-order chi connectivity index (χ1) is 14.1. The van der Waals surface area contributed by atoms with Gasteiger partial charge < -0.3 is 9.88 Å². The molecule has 0 saturated carbocycles. The molecule has 0 spiro atoms. The highest BCUT2D eigenvalue weighted by Crippen LogP contribution is 2.26. The molecule has 8 nitrogen and oxygen atoms in total. The quantitative estimate of drug-likeness (QED) is 0.692. The van der Waals surface area contributed by atoms with Crippen molar-refractivity contribution in [2.24, 2.45) is 0 Å². The molecule has 2 N–H and O–H groups in total. The number of carbonyl (C=O) groups excluding carboxylic acids is 1. The number of rotatable bonds is 2. The summed E-state index contributed by atoms with van der Waals surface area (Å²) in [7, 11) is 0. The minimum absolute atomic E-state index is 0.0531. The van der Waals surface area contributed by atoms with Crippen molar-refractivity contribution in [2.45, 2.75) is 44.6 Å². The van der Waals surface area contributed by atoms with Crippen molar-refractivity contribution in [1.82, 2.24) is 24.6 Å². The number of aromatic nitrogens is 4. The monoisotopic (exact) mass is 393 g/mol. The molecule has 0 radical (unpaired) electrons. The van der Waals surface area contributed by atoms with E-state index in [0.717, 1.165) is 36.9 Å². The molecule has 0 unspecified atom stereocenters. The highest BCUT2D eigenvalue weighted by atomic mass is 16.2. The zero-order valence-electron chi connectivity index (χ0n) is 16.1. The number of benzene rings is 1. The molecular weight excluding hydrogens is 370 g/mol. The first-order valence-corrected chi connectivity index (χ1v) is 10.2. The first kappa shape index (κ1) is 17.9. The Bertz CT molecular complexity index is 1200. The van der Waals surface area contributed by atoms with Crippen LogP contribution in [0.4, 0.5) is 0 Å². The summed E-state index contributed by atoms with van der Waals surface area (Å²) in [5.41, 5.74) is 2.58. The van der Waals surface area contributed by atoms with Gasteiger partial charge in [-0.25, -0.2) is 4.79 Å². The number of nitrogens with one attached hydrogen (secondary N) is 2. The highest BCUT2D eigenvalue weighted by molar-refractivity contribution is 5.94. The van der Waals surface area contributed by atoms with Crippen LogP contribution in [0, 0.1) is 0 Å². The number of likely N-dealkylation sites (tertiary alicyclic amines) is 1. The zero-order valence-corrected chi connectivity index (χ0v) is 16.1. The summed E-state index contributed by atoms with van der Waals surface area (Å²) in [6.07, 6.45) is 5.20. The maximum Gasteiger partial charge on any atom is 0.329 e. The minimum Gasteiger partial charge on any atom is -0.337 e. The summed E-state index contributed by atoms with van der Waals surface area (Å²) in [6, 6.07) is 6.82. The smallest absolute Gasteiger partial charge is 0.329 e. The third kappa shape index (κ3) is 2.99. The van der Waals surface area contributed by atoms with Gasteiger partial charge in [-0.05, 0) is 50.7 Å². The van der Waals surface area contributed by atoms with Crippen LogP contribution in [0.1, 0.15) is 53.5 Å². The lowest BCUT2D eigenvalue weighted by Gasteiger charge is -2.32. The molecule has 2 aliphatic rings. The molecule has 1 amide bonds. The number of aromatic amines is 2. The van der Waals surface area contributed by atoms with Crippen molar-refractivity contribution in [3.8, 4) is 0 Å². The third-order valence-electron chi connectivity index (χ3n) is 6.21. The average molecular weight is 393 g/mol. The van der Waals surface area contributed by atoms with Crippen LogP contribution >= 0.6 is 0 Å². The summed E-state index contributed by atoms with van der Waals surface area (Å²) < 4.78 is 1.32. The van der Waals surface area contributed by atoms with Crippen molar-refractivity contribution in [1.29, 1.82) is 0 Å². The Hall–Kier alpha value is -3.16. The van der Waals surface area contributed by atoms with Crippen LogP contribution in [-0.2, 0) is 12.8 Å². The fourth-order valence-corrected chi connectivity index (χ4v) is 4.64. The number of hydrogen-bond acceptors (Lipinski definition) is 4. The Balaban J connectivity index is 1.37. The van der Waals surface area contributed by atoms with Gasteiger partial charge in [-0.15, -0.1) is 0 Å². The van der Waals surface area contributed by atoms with Crippen molar-refractivity contribution >= 4 is 16.8 Å². The topological polar surface area (TPSA) is 104 Å². The van der Waals surface area contributed by atoms with Gasteiger partial charge in [-0.3, -0.25) is 19.3 Å². The van der Waals surface area contributed by atoms with Crippen molar-refractivity contribution in [3.63, 3.8) is 0 Å². The minimum atomic E-state index is -0.389. The van der Waals surface area contributed by atoms with Gasteiger partial charge in [0.2, 0.25) is 0 Å². The molecule has 3 heterocycles. The lowest BCUT2D eigenvalue weighted by molar-refractivity contribution is 0.0685. The molecule has 5 rings (SSSR count). The second-order valence-electron chi connectivity index (χ2n) is 7.91. The van der Waals surface area contributed by atoms with Crippen LogP contribution in [0.15, 0.2) is 33.9 Å². The third-order valence-corrected chi connectivity index (χ3v) is 6.21. The van der Waals surface area contributed by atoms with E-state index in [1.54, 1.807) is 29.2 Å². The molecule has 1 aliphatic carbocycles. The Morgan fingerprint density at radius 2 is 1.83 bits per heavy atom. The molecule has 3 aromatic rings. The first-order valence-electron chi connectivity index (χ1n) is 10.2. The average Bonchev–Trinajstić information content (AvgIpc) is 3.18. The van der Waals surface area contributed by atoms with Gasteiger partial charge >= 0.3 is 5.69 Å². The Morgan fingerprint density at radius 3 is 2.66 bits per heavy atom. The molecule has 1 aliphatic heterocycles. The molecular formula is C21H23N5O3. The van der Waals surface area contributed by atoms with Crippen molar-refractivity contribution < 1.29 is 4.79 Å². The van der Waals surface area contributed by atoms with E-state index in [1.807, 2.05) is 0 Å². The van der Waals surface area contributed by atoms with Gasteiger partial charge in [0.15, 0.2) is 5.69 Å². The largest absolute Gasteiger partial charge is 0.337 e. The van der Waals surface area contributed by atoms with Gasteiger partial charge in [0.1, 0.15) is 0 Å². The molecule has 29 heavy (non-hydrogen) atoms. The van der Waals surface area contributed by atoms with Crippen LogP contribution in [-0.4, -0.2) is 43.6 Å². The lowest BCUT2D eigenvalue weighted by Crippen LogP contribution is -2.45. The maximum atomic E-state index is 13.0.